The highest BCUT2D eigenvalue weighted by Crippen LogP contribution is 2.22. The highest BCUT2D eigenvalue weighted by molar-refractivity contribution is 7.80. The van der Waals surface area contributed by atoms with Gasteiger partial charge in [-0.1, -0.05) is 39.0 Å². The minimum absolute atomic E-state index is 0.0387. The van der Waals surface area contributed by atoms with E-state index < -0.39 is 0 Å². The Morgan fingerprint density at radius 1 is 0.697 bits per heavy atom. The summed E-state index contributed by atoms with van der Waals surface area (Å²) < 4.78 is 0. The molecule has 0 saturated heterocycles. The zero-order valence-electron chi connectivity index (χ0n) is 19.6. The van der Waals surface area contributed by atoms with Gasteiger partial charge < -0.3 is 10.6 Å². The van der Waals surface area contributed by atoms with Crippen molar-refractivity contribution in [1.82, 2.24) is 5.32 Å². The molecule has 0 saturated carbocycles. The fraction of sp³-hybridized carbons (Fsp3) is 0.222. The van der Waals surface area contributed by atoms with Crippen LogP contribution < -0.4 is 16.0 Å². The third-order valence-electron chi connectivity index (χ3n) is 5.41. The molecule has 0 unspecified atom stereocenters. The van der Waals surface area contributed by atoms with Gasteiger partial charge in [0.15, 0.2) is 5.11 Å². The Morgan fingerprint density at radius 3 is 1.79 bits per heavy atom. The minimum Gasteiger partial charge on any atom is -0.332 e. The van der Waals surface area contributed by atoms with Gasteiger partial charge in [-0.3, -0.25) is 14.9 Å². The van der Waals surface area contributed by atoms with E-state index in [1.165, 1.54) is 5.56 Å². The highest BCUT2D eigenvalue weighted by Gasteiger charge is 2.14. The number of anilines is 2. The van der Waals surface area contributed by atoms with Crippen LogP contribution in [0.2, 0.25) is 0 Å². The van der Waals surface area contributed by atoms with Gasteiger partial charge in [0.1, 0.15) is 0 Å². The molecule has 0 aliphatic heterocycles. The topological polar surface area (TPSA) is 70.2 Å². The van der Waals surface area contributed by atoms with Crippen molar-refractivity contribution in [3.63, 3.8) is 0 Å². The van der Waals surface area contributed by atoms with E-state index in [9.17, 15) is 9.59 Å². The summed E-state index contributed by atoms with van der Waals surface area (Å²) in [6.45, 7) is 10.4. The molecule has 170 valence electrons. The maximum atomic E-state index is 12.5. The van der Waals surface area contributed by atoms with Crippen LogP contribution in [0.15, 0.2) is 66.7 Å². The van der Waals surface area contributed by atoms with Gasteiger partial charge in [-0.05, 0) is 96.7 Å². The summed E-state index contributed by atoms with van der Waals surface area (Å²) in [4.78, 5) is 25.0. The van der Waals surface area contributed by atoms with Crippen LogP contribution in [0, 0.1) is 13.8 Å². The second-order valence-corrected chi connectivity index (χ2v) is 9.47. The van der Waals surface area contributed by atoms with E-state index in [2.05, 4.69) is 36.7 Å². The number of carbonyl (C=O) groups excluding carboxylic acids is 2. The molecule has 0 atom stereocenters. The predicted molar refractivity (Wildman–Crippen MR) is 139 cm³/mol. The van der Waals surface area contributed by atoms with Crippen molar-refractivity contribution in [3.8, 4) is 0 Å². The number of benzene rings is 3. The zero-order chi connectivity index (χ0) is 24.2. The van der Waals surface area contributed by atoms with Crippen molar-refractivity contribution in [2.24, 2.45) is 0 Å². The van der Waals surface area contributed by atoms with Gasteiger partial charge in [-0.25, -0.2) is 0 Å². The molecule has 33 heavy (non-hydrogen) atoms. The quantitative estimate of drug-likeness (QED) is 0.420. The zero-order valence-corrected chi connectivity index (χ0v) is 20.4. The number of carbonyl (C=O) groups is 2. The first-order valence-corrected chi connectivity index (χ1v) is 11.2. The molecule has 0 aliphatic rings. The van der Waals surface area contributed by atoms with E-state index in [1.54, 1.807) is 30.3 Å². The Bertz CT molecular complexity index is 1180. The molecular weight excluding hydrogens is 430 g/mol. The van der Waals surface area contributed by atoms with Gasteiger partial charge in [0.25, 0.3) is 11.8 Å². The summed E-state index contributed by atoms with van der Waals surface area (Å²) in [5.74, 6) is -0.440. The van der Waals surface area contributed by atoms with E-state index in [1.807, 2.05) is 50.2 Å². The van der Waals surface area contributed by atoms with E-state index >= 15 is 0 Å². The molecule has 5 nitrogen and oxygen atoms in total. The smallest absolute Gasteiger partial charge is 0.257 e. The number of rotatable bonds is 4. The number of hydrogen-bond acceptors (Lipinski definition) is 3. The van der Waals surface area contributed by atoms with Crippen LogP contribution >= 0.6 is 12.2 Å². The summed E-state index contributed by atoms with van der Waals surface area (Å²) in [5, 5.41) is 8.77. The minimum atomic E-state index is -0.267. The average Bonchev–Trinajstić information content (AvgIpc) is 2.76. The van der Waals surface area contributed by atoms with Crippen molar-refractivity contribution in [3.05, 3.63) is 94.5 Å². The van der Waals surface area contributed by atoms with Gasteiger partial charge in [-0.15, -0.1) is 0 Å². The lowest BCUT2D eigenvalue weighted by molar-refractivity contribution is 0.0976. The van der Waals surface area contributed by atoms with E-state index in [0.717, 1.165) is 11.1 Å². The first-order valence-electron chi connectivity index (χ1n) is 10.7. The molecule has 0 radical (unpaired) electrons. The molecule has 0 heterocycles. The van der Waals surface area contributed by atoms with Crippen LogP contribution in [0.3, 0.4) is 0 Å². The normalized spacial score (nSPS) is 10.9. The largest absolute Gasteiger partial charge is 0.332 e. The van der Waals surface area contributed by atoms with Gasteiger partial charge in [0, 0.05) is 22.5 Å². The first kappa shape index (κ1) is 24.1. The second kappa shape index (κ2) is 9.96. The Kier molecular flexibility index (Phi) is 7.29. The Morgan fingerprint density at radius 2 is 1.24 bits per heavy atom. The lowest BCUT2D eigenvalue weighted by Gasteiger charge is -2.19. The van der Waals surface area contributed by atoms with Crippen LogP contribution in [0.5, 0.6) is 0 Å². The van der Waals surface area contributed by atoms with Crippen molar-refractivity contribution >= 4 is 40.5 Å². The molecular formula is C27H29N3O2S. The van der Waals surface area contributed by atoms with Crippen LogP contribution in [-0.2, 0) is 5.41 Å². The Labute approximate surface area is 200 Å². The summed E-state index contributed by atoms with van der Waals surface area (Å²) in [6, 6.07) is 20.3. The van der Waals surface area contributed by atoms with Gasteiger partial charge in [-0.2, -0.15) is 0 Å². The molecule has 6 heteroatoms. The summed E-state index contributed by atoms with van der Waals surface area (Å²) in [6.07, 6.45) is 0. The average molecular weight is 460 g/mol. The molecule has 3 N–H and O–H groups in total. The van der Waals surface area contributed by atoms with E-state index in [-0.39, 0.29) is 22.3 Å². The van der Waals surface area contributed by atoms with Gasteiger partial charge >= 0.3 is 0 Å². The van der Waals surface area contributed by atoms with Crippen molar-refractivity contribution in [1.29, 1.82) is 0 Å². The van der Waals surface area contributed by atoms with Crippen LogP contribution in [0.1, 0.15) is 58.2 Å². The number of aryl methyl sites for hydroxylation is 2. The molecule has 3 aromatic rings. The molecule has 0 aliphatic carbocycles. The fourth-order valence-electron chi connectivity index (χ4n) is 3.18. The molecule has 0 bridgehead atoms. The predicted octanol–water partition coefficient (Wildman–Crippen LogP) is 5.98. The molecule has 2 amide bonds. The Balaban J connectivity index is 1.56. The fourth-order valence-corrected chi connectivity index (χ4v) is 3.39. The standard InChI is InChI=1S/C27H29N3O2S/c1-17-6-7-20(16-18(17)2)25(32)30-26(33)29-23-14-12-22(13-15-23)28-24(31)19-8-10-21(11-9-19)27(3,4)5/h6-16H,1-5H3,(H,28,31)(H2,29,30,32,33). The number of thiocarbonyl (C=S) groups is 1. The van der Waals surface area contributed by atoms with Crippen molar-refractivity contribution < 1.29 is 9.59 Å². The highest BCUT2D eigenvalue weighted by atomic mass is 32.1. The second-order valence-electron chi connectivity index (χ2n) is 9.07. The summed E-state index contributed by atoms with van der Waals surface area (Å²) in [5.41, 5.74) is 5.90. The SMILES string of the molecule is Cc1ccc(C(=O)NC(=S)Nc2ccc(NC(=O)c3ccc(C(C)(C)C)cc3)cc2)cc1C. The molecule has 0 fully saturated rings. The monoisotopic (exact) mass is 459 g/mol. The third-order valence-corrected chi connectivity index (χ3v) is 5.61. The lowest BCUT2D eigenvalue weighted by atomic mass is 9.87. The summed E-state index contributed by atoms with van der Waals surface area (Å²) in [7, 11) is 0. The maximum absolute atomic E-state index is 12.5. The van der Waals surface area contributed by atoms with Crippen LogP contribution in [0.25, 0.3) is 0 Å². The van der Waals surface area contributed by atoms with Crippen molar-refractivity contribution in [2.45, 2.75) is 40.0 Å². The lowest BCUT2D eigenvalue weighted by Crippen LogP contribution is -2.34. The molecule has 3 rings (SSSR count). The molecule has 3 aromatic carbocycles. The van der Waals surface area contributed by atoms with Gasteiger partial charge in [0.2, 0.25) is 0 Å². The third kappa shape index (κ3) is 6.49. The molecule has 0 spiro atoms. The molecule has 0 aromatic heterocycles. The van der Waals surface area contributed by atoms with Gasteiger partial charge in [0.05, 0.1) is 0 Å². The van der Waals surface area contributed by atoms with E-state index in [4.69, 9.17) is 12.2 Å². The maximum Gasteiger partial charge on any atom is 0.257 e. The first-order chi connectivity index (χ1) is 15.5. The number of amides is 2. The van der Waals surface area contributed by atoms with Crippen LogP contribution in [0.4, 0.5) is 11.4 Å². The Hall–Kier alpha value is -3.51. The number of nitrogens with one attached hydrogen (secondary N) is 3. The van der Waals surface area contributed by atoms with E-state index in [0.29, 0.717) is 22.5 Å². The van der Waals surface area contributed by atoms with Crippen molar-refractivity contribution in [2.75, 3.05) is 10.6 Å². The van der Waals surface area contributed by atoms with Crippen LogP contribution in [-0.4, -0.2) is 16.9 Å². The number of hydrogen-bond donors (Lipinski definition) is 3. The summed E-state index contributed by atoms with van der Waals surface area (Å²) >= 11 is 5.26.